The maximum atomic E-state index is 9.66. The quantitative estimate of drug-likeness (QED) is 0.777. The number of hydrogen-bond acceptors (Lipinski definition) is 3. The Labute approximate surface area is 76.1 Å². The highest BCUT2D eigenvalue weighted by Crippen LogP contribution is 2.27. The maximum Gasteiger partial charge on any atom is 0.104 e. The lowest BCUT2D eigenvalue weighted by Crippen LogP contribution is -2.07. The zero-order chi connectivity index (χ0) is 8.97. The van der Waals surface area contributed by atoms with Crippen LogP contribution in [-0.2, 0) is 0 Å². The minimum atomic E-state index is -0.611. The summed E-state index contributed by atoms with van der Waals surface area (Å²) in [5.41, 5.74) is 0. The van der Waals surface area contributed by atoms with Crippen molar-refractivity contribution in [1.29, 1.82) is 5.26 Å². The van der Waals surface area contributed by atoms with Crippen LogP contribution in [0, 0.1) is 17.2 Å². The minimum Gasteiger partial charge on any atom is -0.386 e. The van der Waals surface area contributed by atoms with E-state index in [0.29, 0.717) is 6.42 Å². The van der Waals surface area contributed by atoms with Gasteiger partial charge in [-0.25, -0.2) is 0 Å². The molecule has 1 aromatic heterocycles. The van der Waals surface area contributed by atoms with Crippen LogP contribution in [0.1, 0.15) is 24.3 Å². The molecule has 2 nitrogen and oxygen atoms in total. The summed E-state index contributed by atoms with van der Waals surface area (Å²) in [6.45, 7) is 1.91. The number of hydrogen-bond donors (Lipinski definition) is 1. The maximum absolute atomic E-state index is 9.66. The van der Waals surface area contributed by atoms with Crippen LogP contribution in [0.15, 0.2) is 17.5 Å². The van der Waals surface area contributed by atoms with E-state index < -0.39 is 6.10 Å². The van der Waals surface area contributed by atoms with Gasteiger partial charge in [-0.15, -0.1) is 11.3 Å². The summed E-state index contributed by atoms with van der Waals surface area (Å²) in [5, 5.41) is 20.3. The van der Waals surface area contributed by atoms with Crippen molar-refractivity contribution in [2.24, 2.45) is 5.92 Å². The fraction of sp³-hybridized carbons (Fsp3) is 0.444. The third kappa shape index (κ3) is 1.84. The van der Waals surface area contributed by atoms with Crippen LogP contribution in [0.3, 0.4) is 0 Å². The molecule has 0 fully saturated rings. The molecule has 1 aromatic rings. The molecule has 0 aliphatic heterocycles. The molecule has 0 radical (unpaired) electrons. The lowest BCUT2D eigenvalue weighted by molar-refractivity contribution is 0.136. The molecule has 1 heterocycles. The molecular formula is C9H11NOS. The molecule has 3 heteroatoms. The highest BCUT2D eigenvalue weighted by atomic mass is 32.1. The van der Waals surface area contributed by atoms with Gasteiger partial charge in [-0.2, -0.15) is 5.26 Å². The third-order valence-corrected chi connectivity index (χ3v) is 2.76. The van der Waals surface area contributed by atoms with Crippen molar-refractivity contribution in [3.8, 4) is 6.07 Å². The Morgan fingerprint density at radius 3 is 2.92 bits per heavy atom. The van der Waals surface area contributed by atoms with Crippen molar-refractivity contribution < 1.29 is 5.11 Å². The Balaban J connectivity index is 2.71. The Hall–Kier alpha value is -0.850. The van der Waals surface area contributed by atoms with E-state index in [9.17, 15) is 5.11 Å². The van der Waals surface area contributed by atoms with E-state index in [4.69, 9.17) is 5.26 Å². The summed E-state index contributed by atoms with van der Waals surface area (Å²) < 4.78 is 0. The Morgan fingerprint density at radius 1 is 1.75 bits per heavy atom. The van der Waals surface area contributed by atoms with E-state index >= 15 is 0 Å². The molecule has 0 saturated carbocycles. The fourth-order valence-electron chi connectivity index (χ4n) is 1.04. The first-order valence-electron chi connectivity index (χ1n) is 3.90. The first-order chi connectivity index (χ1) is 5.79. The zero-order valence-electron chi connectivity index (χ0n) is 6.90. The van der Waals surface area contributed by atoms with Crippen LogP contribution in [0.5, 0.6) is 0 Å². The van der Waals surface area contributed by atoms with E-state index in [1.165, 1.54) is 11.3 Å². The van der Waals surface area contributed by atoms with Crippen LogP contribution in [-0.4, -0.2) is 5.11 Å². The molecule has 12 heavy (non-hydrogen) atoms. The predicted molar refractivity (Wildman–Crippen MR) is 48.7 cm³/mol. The van der Waals surface area contributed by atoms with Crippen LogP contribution in [0.4, 0.5) is 0 Å². The predicted octanol–water partition coefficient (Wildman–Crippen LogP) is 2.33. The molecule has 2 atom stereocenters. The van der Waals surface area contributed by atoms with E-state index in [0.717, 1.165) is 4.88 Å². The Morgan fingerprint density at radius 2 is 2.50 bits per heavy atom. The first kappa shape index (κ1) is 9.24. The van der Waals surface area contributed by atoms with Gasteiger partial charge in [-0.3, -0.25) is 0 Å². The Bertz CT molecular complexity index is 263. The van der Waals surface area contributed by atoms with Gasteiger partial charge < -0.3 is 5.11 Å². The van der Waals surface area contributed by atoms with Gasteiger partial charge in [0.15, 0.2) is 0 Å². The van der Waals surface area contributed by atoms with E-state index in [-0.39, 0.29) is 5.92 Å². The van der Waals surface area contributed by atoms with Gasteiger partial charge in [-0.1, -0.05) is 13.0 Å². The van der Waals surface area contributed by atoms with Crippen molar-refractivity contribution in [2.45, 2.75) is 19.4 Å². The van der Waals surface area contributed by atoms with E-state index in [2.05, 4.69) is 6.07 Å². The lowest BCUT2D eigenvalue weighted by atomic mass is 10.0. The van der Waals surface area contributed by atoms with Gasteiger partial charge in [0.25, 0.3) is 0 Å². The van der Waals surface area contributed by atoms with Crippen LogP contribution < -0.4 is 0 Å². The number of thiophene rings is 1. The zero-order valence-corrected chi connectivity index (χ0v) is 7.71. The van der Waals surface area contributed by atoms with Gasteiger partial charge in [0.1, 0.15) is 6.10 Å². The standard InChI is InChI=1S/C9H11NOS/c1-2-7(6-10)9(11)8-4-3-5-12-8/h3-5,7,9,11H,2H2,1H3/t7-,9-/m0/s1. The van der Waals surface area contributed by atoms with Crippen molar-refractivity contribution >= 4 is 11.3 Å². The molecule has 64 valence electrons. The summed E-state index contributed by atoms with van der Waals surface area (Å²) in [6.07, 6.45) is 0.0789. The van der Waals surface area contributed by atoms with Crippen LogP contribution >= 0.6 is 11.3 Å². The molecule has 0 unspecified atom stereocenters. The lowest BCUT2D eigenvalue weighted by Gasteiger charge is -2.12. The number of aliphatic hydroxyl groups is 1. The molecular weight excluding hydrogens is 170 g/mol. The van der Waals surface area contributed by atoms with Crippen LogP contribution in [0.25, 0.3) is 0 Å². The number of nitrogens with zero attached hydrogens (tertiary/aromatic N) is 1. The summed E-state index contributed by atoms with van der Waals surface area (Å²) in [7, 11) is 0. The highest BCUT2D eigenvalue weighted by Gasteiger charge is 2.18. The largest absolute Gasteiger partial charge is 0.386 e. The number of nitriles is 1. The number of aliphatic hydroxyl groups excluding tert-OH is 1. The van der Waals surface area contributed by atoms with E-state index in [1.807, 2.05) is 24.4 Å². The molecule has 0 aromatic carbocycles. The molecule has 1 rings (SSSR count). The van der Waals surface area contributed by atoms with Gasteiger partial charge in [-0.05, 0) is 17.9 Å². The third-order valence-electron chi connectivity index (χ3n) is 1.82. The van der Waals surface area contributed by atoms with E-state index in [1.54, 1.807) is 0 Å². The van der Waals surface area contributed by atoms with Crippen molar-refractivity contribution in [2.75, 3.05) is 0 Å². The van der Waals surface area contributed by atoms with Crippen molar-refractivity contribution in [3.63, 3.8) is 0 Å². The topological polar surface area (TPSA) is 44.0 Å². The van der Waals surface area contributed by atoms with Gasteiger partial charge >= 0.3 is 0 Å². The number of rotatable bonds is 3. The summed E-state index contributed by atoms with van der Waals surface area (Å²) in [5.74, 6) is -0.274. The molecule has 1 N–H and O–H groups in total. The smallest absolute Gasteiger partial charge is 0.104 e. The van der Waals surface area contributed by atoms with Crippen LogP contribution in [0.2, 0.25) is 0 Å². The average molecular weight is 181 g/mol. The molecule has 0 spiro atoms. The first-order valence-corrected chi connectivity index (χ1v) is 4.78. The molecule has 0 bridgehead atoms. The molecule has 0 saturated heterocycles. The second kappa shape index (κ2) is 4.24. The second-order valence-electron chi connectivity index (χ2n) is 2.60. The average Bonchev–Trinajstić information content (AvgIpc) is 2.58. The summed E-state index contributed by atoms with van der Waals surface area (Å²) >= 11 is 1.49. The summed E-state index contributed by atoms with van der Waals surface area (Å²) in [6, 6.07) is 5.84. The van der Waals surface area contributed by atoms with Gasteiger partial charge in [0.2, 0.25) is 0 Å². The summed E-state index contributed by atoms with van der Waals surface area (Å²) in [4.78, 5) is 0.878. The van der Waals surface area contributed by atoms with Gasteiger partial charge in [0, 0.05) is 4.88 Å². The second-order valence-corrected chi connectivity index (χ2v) is 3.58. The molecule has 0 amide bonds. The normalized spacial score (nSPS) is 15.1. The fourth-order valence-corrected chi connectivity index (χ4v) is 1.82. The SMILES string of the molecule is CC[C@@H](C#N)[C@H](O)c1cccs1. The van der Waals surface area contributed by atoms with Crippen molar-refractivity contribution in [1.82, 2.24) is 0 Å². The van der Waals surface area contributed by atoms with Crippen molar-refractivity contribution in [3.05, 3.63) is 22.4 Å². The molecule has 0 aliphatic rings. The molecule has 0 aliphatic carbocycles. The highest BCUT2D eigenvalue weighted by molar-refractivity contribution is 7.10. The Kier molecular flexibility index (Phi) is 3.27. The van der Waals surface area contributed by atoms with Gasteiger partial charge in [0.05, 0.1) is 12.0 Å². The monoisotopic (exact) mass is 181 g/mol. The minimum absolute atomic E-state index is 0.274.